The minimum Gasteiger partial charge on any atom is -0.487 e. The Balaban J connectivity index is 2.00. The lowest BCUT2D eigenvalue weighted by Gasteiger charge is -2.17. The third kappa shape index (κ3) is 4.44. The number of aryl methyl sites for hydroxylation is 2. The van der Waals surface area contributed by atoms with Crippen molar-refractivity contribution in [2.45, 2.75) is 20.5 Å². The van der Waals surface area contributed by atoms with Gasteiger partial charge in [-0.1, -0.05) is 23.7 Å². The highest BCUT2D eigenvalue weighted by molar-refractivity contribution is 6.31. The molecular formula is C23H18ClFN2O4. The van der Waals surface area contributed by atoms with E-state index in [4.69, 9.17) is 26.3 Å². The Morgan fingerprint density at radius 2 is 1.94 bits per heavy atom. The summed E-state index contributed by atoms with van der Waals surface area (Å²) in [7, 11) is 1.28. The highest BCUT2D eigenvalue weighted by atomic mass is 35.5. The SMILES string of the molecule is COC(=O)c1ccc(C)c(-n2c(C)cc(OCc3ccc(F)cc3C#N)c(Cl)c2=O)c1. The van der Waals surface area contributed by atoms with Gasteiger partial charge in [0.15, 0.2) is 0 Å². The molecule has 0 aliphatic rings. The summed E-state index contributed by atoms with van der Waals surface area (Å²) in [5.74, 6) is -0.915. The lowest BCUT2D eigenvalue weighted by molar-refractivity contribution is 0.0600. The van der Waals surface area contributed by atoms with Crippen LogP contribution in [0.3, 0.4) is 0 Å². The van der Waals surface area contributed by atoms with Crippen molar-refractivity contribution >= 4 is 17.6 Å². The predicted molar refractivity (Wildman–Crippen MR) is 113 cm³/mol. The van der Waals surface area contributed by atoms with Gasteiger partial charge in [-0.05, 0) is 43.7 Å². The monoisotopic (exact) mass is 440 g/mol. The minimum absolute atomic E-state index is 0.0668. The fraction of sp³-hybridized carbons (Fsp3) is 0.174. The molecule has 0 aliphatic heterocycles. The van der Waals surface area contributed by atoms with E-state index < -0.39 is 17.3 Å². The van der Waals surface area contributed by atoms with Crippen LogP contribution in [0.1, 0.15) is 32.7 Å². The standard InChI is InChI=1S/C23H18ClFN2O4/c1-13-4-5-15(23(29)30-3)10-19(13)27-14(2)8-20(21(24)22(27)28)31-12-16-6-7-18(25)9-17(16)11-26/h4-10H,12H2,1-3H3. The van der Waals surface area contributed by atoms with Crippen LogP contribution >= 0.6 is 11.6 Å². The van der Waals surface area contributed by atoms with Crippen LogP contribution in [0.15, 0.2) is 47.3 Å². The van der Waals surface area contributed by atoms with Crippen molar-refractivity contribution < 1.29 is 18.7 Å². The molecule has 1 heterocycles. The van der Waals surface area contributed by atoms with Crippen LogP contribution in [0, 0.1) is 31.0 Å². The van der Waals surface area contributed by atoms with Crippen LogP contribution in [0.2, 0.25) is 5.02 Å². The summed E-state index contributed by atoms with van der Waals surface area (Å²) in [6, 6.07) is 12.2. The maximum absolute atomic E-state index is 13.3. The average Bonchev–Trinajstić information content (AvgIpc) is 2.76. The maximum Gasteiger partial charge on any atom is 0.337 e. The molecule has 1 aromatic heterocycles. The van der Waals surface area contributed by atoms with Gasteiger partial charge in [0.05, 0.1) is 30.0 Å². The number of ether oxygens (including phenoxy) is 2. The lowest BCUT2D eigenvalue weighted by atomic mass is 10.1. The van der Waals surface area contributed by atoms with E-state index in [1.54, 1.807) is 38.1 Å². The molecule has 0 N–H and O–H groups in total. The first kappa shape index (κ1) is 22.1. The van der Waals surface area contributed by atoms with Crippen molar-refractivity contribution in [3.05, 3.63) is 91.6 Å². The van der Waals surface area contributed by atoms with Crippen molar-refractivity contribution in [1.29, 1.82) is 5.26 Å². The Morgan fingerprint density at radius 1 is 1.19 bits per heavy atom. The minimum atomic E-state index is -0.527. The van der Waals surface area contributed by atoms with E-state index in [9.17, 15) is 14.0 Å². The lowest BCUT2D eigenvalue weighted by Crippen LogP contribution is -2.23. The molecule has 0 unspecified atom stereocenters. The molecule has 0 aliphatic carbocycles. The van der Waals surface area contributed by atoms with Crippen LogP contribution in [-0.2, 0) is 11.3 Å². The molecule has 0 saturated carbocycles. The number of carbonyl (C=O) groups is 1. The zero-order valence-corrected chi connectivity index (χ0v) is 17.8. The Morgan fingerprint density at radius 3 is 2.61 bits per heavy atom. The second-order valence-electron chi connectivity index (χ2n) is 6.80. The van der Waals surface area contributed by atoms with E-state index in [0.717, 1.165) is 11.6 Å². The number of carbonyl (C=O) groups excluding carboxylic acids is 1. The zero-order valence-electron chi connectivity index (χ0n) is 17.0. The second-order valence-corrected chi connectivity index (χ2v) is 7.18. The first-order chi connectivity index (χ1) is 14.8. The summed E-state index contributed by atoms with van der Waals surface area (Å²) in [6.07, 6.45) is 0. The Kier molecular flexibility index (Phi) is 6.42. The molecule has 0 saturated heterocycles. The molecular weight excluding hydrogens is 423 g/mol. The average molecular weight is 441 g/mol. The number of hydrogen-bond acceptors (Lipinski definition) is 5. The Hall–Kier alpha value is -3.63. The Labute approximate surface area is 183 Å². The van der Waals surface area contributed by atoms with E-state index in [0.29, 0.717) is 22.5 Å². The van der Waals surface area contributed by atoms with Gasteiger partial charge in [0, 0.05) is 17.3 Å². The van der Waals surface area contributed by atoms with Gasteiger partial charge in [-0.2, -0.15) is 5.26 Å². The highest BCUT2D eigenvalue weighted by Gasteiger charge is 2.17. The van der Waals surface area contributed by atoms with E-state index in [1.165, 1.54) is 23.8 Å². The fourth-order valence-electron chi connectivity index (χ4n) is 3.12. The first-order valence-corrected chi connectivity index (χ1v) is 9.57. The summed E-state index contributed by atoms with van der Waals surface area (Å²) >= 11 is 6.29. The van der Waals surface area contributed by atoms with Crippen LogP contribution in [0.5, 0.6) is 5.75 Å². The molecule has 158 valence electrons. The van der Waals surface area contributed by atoms with Crippen molar-refractivity contribution in [2.24, 2.45) is 0 Å². The summed E-state index contributed by atoms with van der Waals surface area (Å²) in [6.45, 7) is 3.44. The van der Waals surface area contributed by atoms with Gasteiger partial charge in [0.25, 0.3) is 5.56 Å². The molecule has 0 radical (unpaired) electrons. The first-order valence-electron chi connectivity index (χ1n) is 9.19. The smallest absolute Gasteiger partial charge is 0.337 e. The van der Waals surface area contributed by atoms with Gasteiger partial charge in [0.2, 0.25) is 0 Å². The molecule has 0 bridgehead atoms. The zero-order chi connectivity index (χ0) is 22.7. The van der Waals surface area contributed by atoms with Crippen molar-refractivity contribution in [2.75, 3.05) is 7.11 Å². The molecule has 6 nitrogen and oxygen atoms in total. The maximum atomic E-state index is 13.3. The summed E-state index contributed by atoms with van der Waals surface area (Å²) in [4.78, 5) is 24.9. The number of methoxy groups -OCH3 is 1. The topological polar surface area (TPSA) is 81.3 Å². The quantitative estimate of drug-likeness (QED) is 0.546. The van der Waals surface area contributed by atoms with Crippen LogP contribution in [-0.4, -0.2) is 17.6 Å². The summed E-state index contributed by atoms with van der Waals surface area (Å²) in [5.41, 5.74) is 2.14. The van der Waals surface area contributed by atoms with Gasteiger partial charge in [0.1, 0.15) is 23.2 Å². The second kappa shape index (κ2) is 9.02. The number of pyridine rings is 1. The largest absolute Gasteiger partial charge is 0.487 e. The van der Waals surface area contributed by atoms with E-state index in [2.05, 4.69) is 0 Å². The number of nitrogens with zero attached hydrogens (tertiary/aromatic N) is 2. The van der Waals surface area contributed by atoms with Crippen LogP contribution in [0.4, 0.5) is 4.39 Å². The summed E-state index contributed by atoms with van der Waals surface area (Å²) in [5, 5.41) is 9.01. The number of esters is 1. The fourth-order valence-corrected chi connectivity index (χ4v) is 3.31. The van der Waals surface area contributed by atoms with Crippen LogP contribution in [0.25, 0.3) is 5.69 Å². The summed E-state index contributed by atoms with van der Waals surface area (Å²) < 4.78 is 25.1. The number of benzene rings is 2. The van der Waals surface area contributed by atoms with E-state index in [-0.39, 0.29) is 22.9 Å². The third-order valence-electron chi connectivity index (χ3n) is 4.75. The number of halogens is 2. The molecule has 0 amide bonds. The van der Waals surface area contributed by atoms with E-state index >= 15 is 0 Å². The number of nitriles is 1. The van der Waals surface area contributed by atoms with Gasteiger partial charge >= 0.3 is 5.97 Å². The molecule has 8 heteroatoms. The number of aromatic nitrogens is 1. The normalized spacial score (nSPS) is 10.5. The predicted octanol–water partition coefficient (Wildman–Crippen LogP) is 4.48. The van der Waals surface area contributed by atoms with Crippen molar-refractivity contribution in [3.63, 3.8) is 0 Å². The molecule has 0 fully saturated rings. The molecule has 2 aromatic carbocycles. The molecule has 3 rings (SSSR count). The van der Waals surface area contributed by atoms with Crippen LogP contribution < -0.4 is 10.3 Å². The van der Waals surface area contributed by atoms with Gasteiger partial charge < -0.3 is 9.47 Å². The number of rotatable bonds is 5. The van der Waals surface area contributed by atoms with Gasteiger partial charge in [-0.3, -0.25) is 9.36 Å². The highest BCUT2D eigenvalue weighted by Crippen LogP contribution is 2.26. The third-order valence-corrected chi connectivity index (χ3v) is 5.09. The van der Waals surface area contributed by atoms with E-state index in [1.807, 2.05) is 6.07 Å². The van der Waals surface area contributed by atoms with Crippen molar-refractivity contribution in [3.8, 4) is 17.5 Å². The van der Waals surface area contributed by atoms with Crippen molar-refractivity contribution in [1.82, 2.24) is 4.57 Å². The Bertz CT molecular complexity index is 1280. The number of hydrogen-bond donors (Lipinski definition) is 0. The molecule has 3 aromatic rings. The van der Waals surface area contributed by atoms with Gasteiger partial charge in [-0.25, -0.2) is 9.18 Å². The van der Waals surface area contributed by atoms with Gasteiger partial charge in [-0.15, -0.1) is 0 Å². The molecule has 0 atom stereocenters. The molecule has 31 heavy (non-hydrogen) atoms. The molecule has 0 spiro atoms.